The maximum Gasteiger partial charge on any atom is 0.278 e. The molecule has 0 aliphatic carbocycles. The van der Waals surface area contributed by atoms with Gasteiger partial charge in [-0.15, -0.1) is 0 Å². The van der Waals surface area contributed by atoms with Gasteiger partial charge in [0, 0.05) is 57.8 Å². The minimum Gasteiger partial charge on any atom is -0.385 e. The van der Waals surface area contributed by atoms with Crippen LogP contribution in [0.25, 0.3) is 5.57 Å². The van der Waals surface area contributed by atoms with E-state index in [0.717, 1.165) is 38.4 Å². The Kier molecular flexibility index (Phi) is 7.59. The molecule has 2 heterocycles. The standard InChI is InChI=1S/C26H31FN4O3/c1-3-29-14-16-30(17-15-29)22-11-9-21(10-12-22)28-24-23(19-5-7-20(27)8-6-19)25(32)31(26(24)33)13-4-18-34-2/h5-12,28H,3-4,13-18H2,1-2H3. The summed E-state index contributed by atoms with van der Waals surface area (Å²) in [4.78, 5) is 32.4. The number of anilines is 2. The Morgan fingerprint density at radius 1 is 0.941 bits per heavy atom. The van der Waals surface area contributed by atoms with E-state index in [1.54, 1.807) is 7.11 Å². The van der Waals surface area contributed by atoms with Crippen LogP contribution in [0.3, 0.4) is 0 Å². The highest BCUT2D eigenvalue weighted by atomic mass is 19.1. The molecule has 0 atom stereocenters. The number of imide groups is 1. The van der Waals surface area contributed by atoms with Crippen molar-refractivity contribution < 1.29 is 18.7 Å². The number of nitrogens with zero attached hydrogens (tertiary/aromatic N) is 3. The molecule has 8 heteroatoms. The van der Waals surface area contributed by atoms with Crippen LogP contribution in [-0.2, 0) is 14.3 Å². The average Bonchev–Trinajstić information content (AvgIpc) is 3.09. The van der Waals surface area contributed by atoms with Gasteiger partial charge in [0.2, 0.25) is 0 Å². The number of nitrogens with one attached hydrogen (secondary N) is 1. The molecule has 2 aromatic rings. The topological polar surface area (TPSA) is 65.1 Å². The molecule has 0 unspecified atom stereocenters. The second kappa shape index (κ2) is 10.8. The molecule has 1 N–H and O–H groups in total. The zero-order valence-electron chi connectivity index (χ0n) is 19.7. The SMILES string of the molecule is CCN1CCN(c2ccc(NC3=C(c4ccc(F)cc4)C(=O)N(CCCOC)C3=O)cc2)CC1. The summed E-state index contributed by atoms with van der Waals surface area (Å²) in [5.74, 6) is -1.18. The van der Waals surface area contributed by atoms with Crippen LogP contribution in [0, 0.1) is 5.82 Å². The van der Waals surface area contributed by atoms with Crippen LogP contribution in [-0.4, -0.2) is 74.6 Å². The molecule has 4 rings (SSSR count). The first-order valence-corrected chi connectivity index (χ1v) is 11.7. The molecule has 1 saturated heterocycles. The van der Waals surface area contributed by atoms with Crippen LogP contribution >= 0.6 is 0 Å². The van der Waals surface area contributed by atoms with Crippen molar-refractivity contribution in [2.24, 2.45) is 0 Å². The molecule has 2 amide bonds. The fourth-order valence-electron chi connectivity index (χ4n) is 4.37. The Hall–Kier alpha value is -3.23. The quantitative estimate of drug-likeness (QED) is 0.452. The van der Waals surface area contributed by atoms with Gasteiger partial charge in [0.25, 0.3) is 11.8 Å². The minimum absolute atomic E-state index is 0.207. The normalized spacial score (nSPS) is 17.1. The molecular formula is C26H31FN4O3. The lowest BCUT2D eigenvalue weighted by Gasteiger charge is -2.35. The van der Waals surface area contributed by atoms with E-state index in [1.807, 2.05) is 24.3 Å². The van der Waals surface area contributed by atoms with Gasteiger partial charge >= 0.3 is 0 Å². The molecule has 7 nitrogen and oxygen atoms in total. The molecule has 2 aliphatic rings. The smallest absolute Gasteiger partial charge is 0.278 e. The van der Waals surface area contributed by atoms with Crippen molar-refractivity contribution in [1.29, 1.82) is 0 Å². The summed E-state index contributed by atoms with van der Waals surface area (Å²) >= 11 is 0. The summed E-state index contributed by atoms with van der Waals surface area (Å²) < 4.78 is 18.6. The van der Waals surface area contributed by atoms with Crippen LogP contribution in [0.1, 0.15) is 18.9 Å². The third-order valence-corrected chi connectivity index (χ3v) is 6.35. The summed E-state index contributed by atoms with van der Waals surface area (Å²) in [7, 11) is 1.58. The number of methoxy groups -OCH3 is 1. The van der Waals surface area contributed by atoms with E-state index in [4.69, 9.17) is 4.74 Å². The Morgan fingerprint density at radius 2 is 1.62 bits per heavy atom. The van der Waals surface area contributed by atoms with Gasteiger partial charge in [-0.05, 0) is 54.9 Å². The molecule has 0 saturated carbocycles. The van der Waals surface area contributed by atoms with Crippen LogP contribution in [0.5, 0.6) is 0 Å². The van der Waals surface area contributed by atoms with Crippen LogP contribution in [0.15, 0.2) is 54.2 Å². The summed E-state index contributed by atoms with van der Waals surface area (Å²) in [5.41, 5.74) is 2.80. The van der Waals surface area contributed by atoms with Gasteiger partial charge < -0.3 is 19.9 Å². The van der Waals surface area contributed by atoms with Gasteiger partial charge in [-0.25, -0.2) is 4.39 Å². The van der Waals surface area contributed by atoms with Crippen molar-refractivity contribution in [3.05, 3.63) is 65.6 Å². The van der Waals surface area contributed by atoms with Gasteiger partial charge in [-0.2, -0.15) is 0 Å². The van der Waals surface area contributed by atoms with Gasteiger partial charge in [0.15, 0.2) is 0 Å². The molecule has 180 valence electrons. The van der Waals surface area contributed by atoms with Crippen LogP contribution < -0.4 is 10.2 Å². The highest BCUT2D eigenvalue weighted by molar-refractivity contribution is 6.36. The number of likely N-dealkylation sites (N-methyl/N-ethyl adjacent to an activating group) is 1. The predicted octanol–water partition coefficient (Wildman–Crippen LogP) is 3.20. The van der Waals surface area contributed by atoms with Crippen LogP contribution in [0.2, 0.25) is 0 Å². The first-order valence-electron chi connectivity index (χ1n) is 11.7. The molecular weight excluding hydrogens is 435 g/mol. The van der Waals surface area contributed by atoms with Crippen molar-refractivity contribution in [2.45, 2.75) is 13.3 Å². The third-order valence-electron chi connectivity index (χ3n) is 6.35. The number of carbonyl (C=O) groups is 2. The number of hydrogen-bond acceptors (Lipinski definition) is 6. The highest BCUT2D eigenvalue weighted by Gasteiger charge is 2.38. The summed E-state index contributed by atoms with van der Waals surface area (Å²) in [6.07, 6.45) is 0.540. The number of rotatable bonds is 9. The zero-order chi connectivity index (χ0) is 24.1. The maximum atomic E-state index is 13.5. The molecule has 34 heavy (non-hydrogen) atoms. The van der Waals surface area contributed by atoms with Gasteiger partial charge in [-0.3, -0.25) is 14.5 Å². The Labute approximate surface area is 199 Å². The Bertz CT molecular complexity index is 1040. The number of carbonyl (C=O) groups excluding carboxylic acids is 2. The predicted molar refractivity (Wildman–Crippen MR) is 131 cm³/mol. The van der Waals surface area contributed by atoms with Gasteiger partial charge in [0.1, 0.15) is 11.5 Å². The first kappa shape index (κ1) is 23.9. The fourth-order valence-corrected chi connectivity index (χ4v) is 4.37. The number of hydrogen-bond donors (Lipinski definition) is 1. The van der Waals surface area contributed by atoms with Gasteiger partial charge in [0.05, 0.1) is 5.57 Å². The largest absolute Gasteiger partial charge is 0.385 e. The Morgan fingerprint density at radius 3 is 2.24 bits per heavy atom. The molecule has 0 bridgehead atoms. The van der Waals surface area contributed by atoms with E-state index >= 15 is 0 Å². The van der Waals surface area contributed by atoms with E-state index in [2.05, 4.69) is 22.0 Å². The molecule has 1 fully saturated rings. The number of ether oxygens (including phenoxy) is 1. The molecule has 2 aromatic carbocycles. The average molecular weight is 467 g/mol. The summed E-state index contributed by atoms with van der Waals surface area (Å²) in [6.45, 7) is 7.98. The molecule has 2 aliphatic heterocycles. The van der Waals surface area contributed by atoms with Crippen molar-refractivity contribution in [3.8, 4) is 0 Å². The number of amides is 2. The number of benzene rings is 2. The van der Waals surface area contributed by atoms with Crippen molar-refractivity contribution >= 4 is 28.8 Å². The van der Waals surface area contributed by atoms with E-state index < -0.39 is 5.82 Å². The van der Waals surface area contributed by atoms with E-state index in [0.29, 0.717) is 24.3 Å². The van der Waals surface area contributed by atoms with Gasteiger partial charge in [-0.1, -0.05) is 19.1 Å². The zero-order valence-corrected chi connectivity index (χ0v) is 19.7. The summed E-state index contributed by atoms with van der Waals surface area (Å²) in [5, 5.41) is 3.17. The van der Waals surface area contributed by atoms with E-state index in [1.165, 1.54) is 29.2 Å². The lowest BCUT2D eigenvalue weighted by molar-refractivity contribution is -0.136. The monoisotopic (exact) mass is 466 g/mol. The van der Waals surface area contributed by atoms with Crippen molar-refractivity contribution in [3.63, 3.8) is 0 Å². The second-order valence-electron chi connectivity index (χ2n) is 8.46. The van der Waals surface area contributed by atoms with E-state index in [-0.39, 0.29) is 29.6 Å². The van der Waals surface area contributed by atoms with E-state index in [9.17, 15) is 14.0 Å². The second-order valence-corrected chi connectivity index (χ2v) is 8.46. The van der Waals surface area contributed by atoms with Crippen molar-refractivity contribution in [2.75, 3.05) is 63.2 Å². The minimum atomic E-state index is -0.400. The fraction of sp³-hybridized carbons (Fsp3) is 0.385. The first-order chi connectivity index (χ1) is 16.5. The van der Waals surface area contributed by atoms with Crippen LogP contribution in [0.4, 0.5) is 15.8 Å². The maximum absolute atomic E-state index is 13.5. The molecule has 0 radical (unpaired) electrons. The van der Waals surface area contributed by atoms with Crippen molar-refractivity contribution in [1.82, 2.24) is 9.80 Å². The number of piperazine rings is 1. The Balaban J connectivity index is 1.56. The lowest BCUT2D eigenvalue weighted by Crippen LogP contribution is -2.46. The highest BCUT2D eigenvalue weighted by Crippen LogP contribution is 2.31. The summed E-state index contributed by atoms with van der Waals surface area (Å²) in [6, 6.07) is 13.5. The third kappa shape index (κ3) is 5.13. The number of halogens is 1. The molecule has 0 spiro atoms. The molecule has 0 aromatic heterocycles. The lowest BCUT2D eigenvalue weighted by atomic mass is 10.0.